The van der Waals surface area contributed by atoms with Gasteiger partial charge >= 0.3 is 11.9 Å². The molecule has 3 saturated heterocycles. The number of rotatable bonds is 6. The largest absolute Gasteiger partial charge is 0.507 e. The molecular weight excluding hydrogens is 937 g/mol. The van der Waals surface area contributed by atoms with Crippen molar-refractivity contribution >= 4 is 34.2 Å². The number of amides is 2. The Balaban J connectivity index is 1.17. The molecule has 0 aliphatic carbocycles. The number of anilines is 1. The summed E-state index contributed by atoms with van der Waals surface area (Å²) in [5, 5.41) is 51.7. The number of aliphatic hydroxyl groups is 2. The molecule has 3 fully saturated rings. The third-order valence-electron chi connectivity index (χ3n) is 16.3. The number of piperazine rings is 1. The highest BCUT2D eigenvalue weighted by molar-refractivity contribution is 6.21. The summed E-state index contributed by atoms with van der Waals surface area (Å²) in [6.45, 7) is 23.3. The second kappa shape index (κ2) is 22.0. The first-order chi connectivity index (χ1) is 34.7. The minimum absolute atomic E-state index is 0.0552. The number of likely N-dealkylation sites (tertiary alicyclic amines) is 1. The molecule has 9 rings (SSSR count). The molecule has 7 aliphatic heterocycles. The fourth-order valence-electron chi connectivity index (χ4n) is 11.6. The normalized spacial score (nSPS) is 32.3. The van der Waals surface area contributed by atoms with Crippen molar-refractivity contribution in [2.75, 3.05) is 78.0 Å². The second-order valence-corrected chi connectivity index (χ2v) is 22.1. The zero-order valence-electron chi connectivity index (χ0n) is 44.4. The van der Waals surface area contributed by atoms with Crippen LogP contribution in [0.2, 0.25) is 0 Å². The number of hydrogen-bond donors (Lipinski definition) is 5. The molecule has 0 aromatic heterocycles. The van der Waals surface area contributed by atoms with Crippen molar-refractivity contribution in [2.45, 2.75) is 124 Å². The topological polar surface area (TPSA) is 225 Å². The monoisotopic (exact) mass is 1010 g/mol. The van der Waals surface area contributed by atoms with Crippen LogP contribution in [-0.4, -0.2) is 161 Å². The minimum atomic E-state index is -1.98. The quantitative estimate of drug-likeness (QED) is 0.230. The van der Waals surface area contributed by atoms with Crippen molar-refractivity contribution in [1.82, 2.24) is 14.7 Å². The molecular formula is C55H78N6O12. The molecule has 1 spiro atoms. The molecule has 7 aliphatic rings. The molecule has 2 aromatic carbocycles. The lowest BCUT2D eigenvalue weighted by Gasteiger charge is -2.40. The Morgan fingerprint density at radius 2 is 1.58 bits per heavy atom. The van der Waals surface area contributed by atoms with Gasteiger partial charge in [-0.15, -0.1) is 0 Å². The van der Waals surface area contributed by atoms with Gasteiger partial charge in [0, 0.05) is 133 Å². The van der Waals surface area contributed by atoms with Crippen molar-refractivity contribution in [3.63, 3.8) is 0 Å². The molecule has 7 heterocycles. The van der Waals surface area contributed by atoms with Crippen LogP contribution in [0.15, 0.2) is 46.1 Å². The Kier molecular flexibility index (Phi) is 16.3. The summed E-state index contributed by atoms with van der Waals surface area (Å²) in [6, 6.07) is 0. The Bertz CT molecular complexity index is 2630. The van der Waals surface area contributed by atoms with Crippen molar-refractivity contribution in [2.24, 2.45) is 45.5 Å². The number of aromatic hydroxyl groups is 2. The summed E-state index contributed by atoms with van der Waals surface area (Å²) >= 11 is 0. The highest BCUT2D eigenvalue weighted by Crippen LogP contribution is 2.51. The standard InChI is InChI=1S/C55H78N6O12/c1-30(2)28-59-19-17-55(18-20-59)57-42-39-40-47(64)36(8)50-41(39)51(66)54(9,73-50)71-27-16-38(69-10)33(5)49(72-53(68)61-23-21-60(22-24-61)29-37-14-25-70-26-15-37)35(7)46(63)34(6)45(62)31(3)12-11-13-32(4)52(67)56-44(48(40)65)43(42)58-55/h11-13,16,27,30-31,33-35,37-38,45-46,49,57,62-65H,14-15,17-26,28-29H2,1-10H3/b12-11+,27-16+,32-13-,56-44?/t31-,33+,34+,35+,38-,45-,46+,49+,54-/m0/s1. The molecule has 0 unspecified atom stereocenters. The van der Waals surface area contributed by atoms with Crippen molar-refractivity contribution in [3.05, 3.63) is 58.0 Å². The van der Waals surface area contributed by atoms with Crippen molar-refractivity contribution < 1.29 is 58.5 Å². The molecule has 2 aromatic rings. The Labute approximate surface area is 428 Å². The molecule has 5 bridgehead atoms. The summed E-state index contributed by atoms with van der Waals surface area (Å²) < 4.78 is 30.6. The van der Waals surface area contributed by atoms with Crippen LogP contribution in [-0.2, 0) is 23.7 Å². The van der Waals surface area contributed by atoms with Gasteiger partial charge in [-0.1, -0.05) is 59.8 Å². The molecule has 5 N–H and O–H groups in total. The first-order valence-corrected chi connectivity index (χ1v) is 26.3. The average Bonchev–Trinajstić information content (AvgIpc) is 3.87. The van der Waals surface area contributed by atoms with Gasteiger partial charge < -0.3 is 59.2 Å². The van der Waals surface area contributed by atoms with Gasteiger partial charge in [-0.3, -0.25) is 19.5 Å². The molecule has 2 amide bonds. The van der Waals surface area contributed by atoms with Gasteiger partial charge in [0.2, 0.25) is 0 Å². The van der Waals surface area contributed by atoms with Gasteiger partial charge in [0.1, 0.15) is 34.0 Å². The van der Waals surface area contributed by atoms with Gasteiger partial charge in [0.05, 0.1) is 41.2 Å². The van der Waals surface area contributed by atoms with Gasteiger partial charge in [0.15, 0.2) is 5.75 Å². The van der Waals surface area contributed by atoms with Crippen LogP contribution >= 0.6 is 0 Å². The first-order valence-electron chi connectivity index (χ1n) is 26.3. The van der Waals surface area contributed by atoms with E-state index in [0.29, 0.717) is 56.5 Å². The van der Waals surface area contributed by atoms with E-state index in [1.165, 1.54) is 20.3 Å². The number of phenolic OH excluding ortho intramolecular Hbond substituents is 2. The fourth-order valence-corrected chi connectivity index (χ4v) is 11.6. The maximum Gasteiger partial charge on any atom is 0.410 e. The number of Topliss-reactive ketones (excluding diaryl/α,β-unsaturated/α-hetero) is 1. The van der Waals surface area contributed by atoms with Gasteiger partial charge in [-0.25, -0.2) is 9.79 Å². The second-order valence-electron chi connectivity index (χ2n) is 22.1. The number of aliphatic hydroxyl groups excluding tert-OH is 2. The van der Waals surface area contributed by atoms with E-state index in [1.807, 2.05) is 6.92 Å². The summed E-state index contributed by atoms with van der Waals surface area (Å²) in [4.78, 5) is 59.2. The molecule has 400 valence electrons. The molecule has 18 heteroatoms. The van der Waals surface area contributed by atoms with Crippen molar-refractivity contribution in [1.29, 1.82) is 0 Å². The lowest BCUT2D eigenvalue weighted by atomic mass is 9.78. The van der Waals surface area contributed by atoms with E-state index in [1.54, 1.807) is 63.8 Å². The molecule has 0 radical (unpaired) electrons. The van der Waals surface area contributed by atoms with Crippen LogP contribution in [0.4, 0.5) is 10.5 Å². The number of allylic oxidation sites excluding steroid dienone is 2. The predicted molar refractivity (Wildman–Crippen MR) is 274 cm³/mol. The lowest BCUT2D eigenvalue weighted by molar-refractivity contribution is -0.114. The van der Waals surface area contributed by atoms with Crippen molar-refractivity contribution in [3.8, 4) is 17.2 Å². The molecule has 9 atom stereocenters. The van der Waals surface area contributed by atoms with E-state index in [-0.39, 0.29) is 49.7 Å². The van der Waals surface area contributed by atoms with Crippen LogP contribution in [0, 0.1) is 42.4 Å². The van der Waals surface area contributed by atoms with Crippen LogP contribution in [0.5, 0.6) is 17.2 Å². The molecule has 0 saturated carbocycles. The number of carbonyl (C=O) groups excluding carboxylic acids is 3. The Hall–Kier alpha value is -5.11. The third kappa shape index (κ3) is 10.9. The zero-order chi connectivity index (χ0) is 52.7. The third-order valence-corrected chi connectivity index (χ3v) is 16.3. The molecule has 18 nitrogen and oxygen atoms in total. The summed E-state index contributed by atoms with van der Waals surface area (Å²) in [7, 11) is 1.50. The predicted octanol–water partition coefficient (Wildman–Crippen LogP) is 5.37. The van der Waals surface area contributed by atoms with E-state index in [0.717, 1.165) is 52.2 Å². The van der Waals surface area contributed by atoms with Crippen LogP contribution in [0.25, 0.3) is 10.8 Å². The fraction of sp³-hybridized carbons (Fsp3) is 0.655. The average molecular weight is 1020 g/mol. The number of benzene rings is 2. The van der Waals surface area contributed by atoms with Crippen LogP contribution in [0.1, 0.15) is 97.0 Å². The maximum atomic E-state index is 15.0. The number of nitrogens with one attached hydrogen (secondary N) is 1. The summed E-state index contributed by atoms with van der Waals surface area (Å²) in [5.41, 5.74) is -0.119. The highest BCUT2D eigenvalue weighted by atomic mass is 16.7. The SMILES string of the molecule is CO[C@H]1/C=C/O[C@@]2(C)Oc3c(C)c(O)c4c(O)c(c5c(c4c3C2=O)NC2(CCN(CC(C)C)CC2)N=5)=NC(=O)/C(C)=C\C=C\[C@H](C)[C@H](O)[C@@H](C)[C@@H](O)[C@@H](C)[C@H](OC(=O)N2CCN(CC3CCOCC3)CC2)[C@@H]1C. The number of ketones is 1. The number of methoxy groups -OCH3 is 1. The number of nitrogens with zero attached hydrogens (tertiary/aromatic N) is 5. The van der Waals surface area contributed by atoms with Gasteiger partial charge in [-0.05, 0) is 44.6 Å². The maximum absolute atomic E-state index is 15.0. The zero-order valence-corrected chi connectivity index (χ0v) is 44.4. The Morgan fingerprint density at radius 3 is 2.23 bits per heavy atom. The lowest BCUT2D eigenvalue weighted by Crippen LogP contribution is -2.52. The number of hydrogen-bond acceptors (Lipinski definition) is 16. The number of piperidine rings is 1. The summed E-state index contributed by atoms with van der Waals surface area (Å²) in [6.07, 6.45) is 6.57. The molecule has 73 heavy (non-hydrogen) atoms. The minimum Gasteiger partial charge on any atom is -0.507 e. The van der Waals surface area contributed by atoms with Gasteiger partial charge in [0.25, 0.3) is 11.7 Å². The van der Waals surface area contributed by atoms with Crippen LogP contribution < -0.4 is 20.8 Å². The van der Waals surface area contributed by atoms with E-state index in [4.69, 9.17) is 28.7 Å². The van der Waals surface area contributed by atoms with E-state index in [9.17, 15) is 34.8 Å². The van der Waals surface area contributed by atoms with Crippen LogP contribution in [0.3, 0.4) is 0 Å². The number of ether oxygens (including phenoxy) is 5. The first kappa shape index (κ1) is 54.2. The number of fused-ring (bicyclic) bond motifs is 13. The number of phenols is 2. The smallest absolute Gasteiger partial charge is 0.410 e. The number of carbonyl (C=O) groups is 3. The highest BCUT2D eigenvalue weighted by Gasteiger charge is 2.51. The van der Waals surface area contributed by atoms with E-state index < -0.39 is 83.1 Å². The van der Waals surface area contributed by atoms with Gasteiger partial charge in [-0.2, -0.15) is 0 Å². The van der Waals surface area contributed by atoms with E-state index in [2.05, 4.69) is 34.0 Å². The van der Waals surface area contributed by atoms with E-state index >= 15 is 0 Å². The Morgan fingerprint density at radius 1 is 0.890 bits per heavy atom. The summed E-state index contributed by atoms with van der Waals surface area (Å²) in [5.74, 6) is -5.61.